The Bertz CT molecular complexity index is 599. The van der Waals surface area contributed by atoms with Gasteiger partial charge in [-0.1, -0.05) is 12.1 Å². The molecule has 106 valence electrons. The van der Waals surface area contributed by atoms with E-state index < -0.39 is 23.5 Å². The van der Waals surface area contributed by atoms with E-state index in [4.69, 9.17) is 10.6 Å². The van der Waals surface area contributed by atoms with Crippen LogP contribution in [0.25, 0.3) is 0 Å². The Labute approximate surface area is 114 Å². The molecule has 20 heavy (non-hydrogen) atoms. The molecule has 2 aromatic carbocycles. The van der Waals surface area contributed by atoms with Crippen LogP contribution < -0.4 is 16.0 Å². The highest BCUT2D eigenvalue weighted by atomic mass is 19.1. The van der Waals surface area contributed by atoms with E-state index in [9.17, 15) is 13.2 Å². The fourth-order valence-electron chi connectivity index (χ4n) is 1.99. The van der Waals surface area contributed by atoms with E-state index in [0.29, 0.717) is 5.56 Å². The van der Waals surface area contributed by atoms with Crippen molar-refractivity contribution in [3.05, 3.63) is 65.0 Å². The Kier molecular flexibility index (Phi) is 4.26. The van der Waals surface area contributed by atoms with Gasteiger partial charge in [0.05, 0.1) is 13.2 Å². The van der Waals surface area contributed by atoms with E-state index in [1.165, 1.54) is 25.3 Å². The molecular formula is C14H13F3N2O. The summed E-state index contributed by atoms with van der Waals surface area (Å²) in [5, 5.41) is 0. The lowest BCUT2D eigenvalue weighted by Gasteiger charge is -2.19. The minimum Gasteiger partial charge on any atom is -0.494 e. The van der Waals surface area contributed by atoms with Gasteiger partial charge in [-0.05, 0) is 29.8 Å². The molecule has 0 radical (unpaired) electrons. The molecule has 0 aliphatic heterocycles. The Balaban J connectivity index is 2.53. The summed E-state index contributed by atoms with van der Waals surface area (Å²) in [7, 11) is 1.30. The first-order valence-corrected chi connectivity index (χ1v) is 5.82. The van der Waals surface area contributed by atoms with Crippen LogP contribution in [0.5, 0.6) is 5.75 Å². The zero-order valence-electron chi connectivity index (χ0n) is 10.7. The molecule has 1 unspecified atom stereocenters. The molecule has 0 aromatic heterocycles. The highest BCUT2D eigenvalue weighted by molar-refractivity contribution is 5.38. The van der Waals surface area contributed by atoms with Gasteiger partial charge in [0.15, 0.2) is 11.6 Å². The summed E-state index contributed by atoms with van der Waals surface area (Å²) < 4.78 is 45.8. The molecule has 1 atom stereocenters. The summed E-state index contributed by atoms with van der Waals surface area (Å²) in [6.45, 7) is 0. The van der Waals surface area contributed by atoms with Crippen molar-refractivity contribution in [2.24, 2.45) is 5.84 Å². The van der Waals surface area contributed by atoms with Crippen molar-refractivity contribution in [1.29, 1.82) is 0 Å². The number of nitrogens with one attached hydrogen (secondary N) is 1. The van der Waals surface area contributed by atoms with Crippen LogP contribution in [0.1, 0.15) is 17.2 Å². The third-order valence-corrected chi connectivity index (χ3v) is 2.96. The average molecular weight is 282 g/mol. The van der Waals surface area contributed by atoms with Gasteiger partial charge in [0, 0.05) is 5.56 Å². The normalized spacial score (nSPS) is 12.2. The smallest absolute Gasteiger partial charge is 0.165 e. The van der Waals surface area contributed by atoms with Crippen molar-refractivity contribution in [3.63, 3.8) is 0 Å². The van der Waals surface area contributed by atoms with Gasteiger partial charge >= 0.3 is 0 Å². The minimum absolute atomic E-state index is 0.0282. The quantitative estimate of drug-likeness (QED) is 0.669. The highest BCUT2D eigenvalue weighted by Gasteiger charge is 2.21. The summed E-state index contributed by atoms with van der Waals surface area (Å²) in [4.78, 5) is 0. The van der Waals surface area contributed by atoms with Gasteiger partial charge in [-0.25, -0.2) is 18.6 Å². The van der Waals surface area contributed by atoms with Crippen LogP contribution in [0.4, 0.5) is 13.2 Å². The standard InChI is InChI=1S/C14H13F3N2O/c1-20-12-7-8(5-6-9(12)15)14(19-18)13-10(16)3-2-4-11(13)17/h2-7,14,19H,18H2,1H3. The fourth-order valence-corrected chi connectivity index (χ4v) is 1.99. The fraction of sp³-hybridized carbons (Fsp3) is 0.143. The predicted molar refractivity (Wildman–Crippen MR) is 68.5 cm³/mol. The third-order valence-electron chi connectivity index (χ3n) is 2.96. The number of methoxy groups -OCH3 is 1. The number of hydrogen-bond acceptors (Lipinski definition) is 3. The van der Waals surface area contributed by atoms with Crippen molar-refractivity contribution in [3.8, 4) is 5.75 Å². The van der Waals surface area contributed by atoms with E-state index in [1.54, 1.807) is 0 Å². The van der Waals surface area contributed by atoms with Crippen LogP contribution in [0.2, 0.25) is 0 Å². The van der Waals surface area contributed by atoms with Crippen LogP contribution in [0, 0.1) is 17.5 Å². The first-order chi connectivity index (χ1) is 9.58. The molecule has 3 N–H and O–H groups in total. The van der Waals surface area contributed by atoms with Gasteiger partial charge in [0.1, 0.15) is 11.6 Å². The Hall–Kier alpha value is -2.05. The third kappa shape index (κ3) is 2.61. The van der Waals surface area contributed by atoms with E-state index in [-0.39, 0.29) is 11.3 Å². The van der Waals surface area contributed by atoms with Gasteiger partial charge in [0.2, 0.25) is 0 Å². The molecule has 6 heteroatoms. The van der Waals surface area contributed by atoms with Crippen LogP contribution in [-0.4, -0.2) is 7.11 Å². The highest BCUT2D eigenvalue weighted by Crippen LogP contribution is 2.29. The molecule has 0 aliphatic carbocycles. The van der Waals surface area contributed by atoms with Crippen molar-refractivity contribution in [1.82, 2.24) is 5.43 Å². The number of hydrazine groups is 1. The maximum atomic E-state index is 13.8. The maximum Gasteiger partial charge on any atom is 0.165 e. The van der Waals surface area contributed by atoms with Crippen LogP contribution in [0.15, 0.2) is 36.4 Å². The van der Waals surface area contributed by atoms with E-state index in [0.717, 1.165) is 18.2 Å². The molecule has 0 heterocycles. The topological polar surface area (TPSA) is 47.3 Å². The second-order valence-corrected chi connectivity index (χ2v) is 4.13. The Morgan fingerprint density at radius 1 is 1.05 bits per heavy atom. The second-order valence-electron chi connectivity index (χ2n) is 4.13. The van der Waals surface area contributed by atoms with Crippen molar-refractivity contribution >= 4 is 0 Å². The van der Waals surface area contributed by atoms with Gasteiger partial charge < -0.3 is 4.74 Å². The zero-order valence-corrected chi connectivity index (χ0v) is 10.7. The lowest BCUT2D eigenvalue weighted by atomic mass is 9.98. The molecule has 0 amide bonds. The number of benzene rings is 2. The molecule has 3 nitrogen and oxygen atoms in total. The lowest BCUT2D eigenvalue weighted by molar-refractivity contribution is 0.385. The lowest BCUT2D eigenvalue weighted by Crippen LogP contribution is -2.30. The molecule has 0 saturated heterocycles. The predicted octanol–water partition coefficient (Wildman–Crippen LogP) is 2.67. The molecular weight excluding hydrogens is 269 g/mol. The number of ether oxygens (including phenoxy) is 1. The molecule has 0 bridgehead atoms. The SMILES string of the molecule is COc1cc(C(NN)c2c(F)cccc2F)ccc1F. The van der Waals surface area contributed by atoms with Gasteiger partial charge in [-0.15, -0.1) is 0 Å². The average Bonchev–Trinajstić information content (AvgIpc) is 2.44. The summed E-state index contributed by atoms with van der Waals surface area (Å²) in [5.41, 5.74) is 2.48. The molecule has 0 spiro atoms. The first-order valence-electron chi connectivity index (χ1n) is 5.82. The summed E-state index contributed by atoms with van der Waals surface area (Å²) in [6, 6.07) is 6.43. The Morgan fingerprint density at radius 2 is 1.70 bits per heavy atom. The van der Waals surface area contributed by atoms with Crippen LogP contribution >= 0.6 is 0 Å². The van der Waals surface area contributed by atoms with Crippen LogP contribution in [0.3, 0.4) is 0 Å². The summed E-state index contributed by atoms with van der Waals surface area (Å²) in [5.74, 6) is 3.31. The van der Waals surface area contributed by atoms with E-state index >= 15 is 0 Å². The molecule has 2 aromatic rings. The largest absolute Gasteiger partial charge is 0.494 e. The molecule has 0 aliphatic rings. The van der Waals surface area contributed by atoms with Gasteiger partial charge in [-0.2, -0.15) is 0 Å². The zero-order chi connectivity index (χ0) is 14.7. The van der Waals surface area contributed by atoms with E-state index in [1.807, 2.05) is 0 Å². The number of halogens is 3. The summed E-state index contributed by atoms with van der Waals surface area (Å²) in [6.07, 6.45) is 0. The molecule has 2 rings (SSSR count). The van der Waals surface area contributed by atoms with Crippen molar-refractivity contribution in [2.45, 2.75) is 6.04 Å². The number of hydrogen-bond donors (Lipinski definition) is 2. The van der Waals surface area contributed by atoms with Crippen molar-refractivity contribution < 1.29 is 17.9 Å². The monoisotopic (exact) mass is 282 g/mol. The van der Waals surface area contributed by atoms with Gasteiger partial charge in [-0.3, -0.25) is 5.84 Å². The number of rotatable bonds is 4. The second kappa shape index (κ2) is 5.94. The number of nitrogens with two attached hydrogens (primary N) is 1. The summed E-state index contributed by atoms with van der Waals surface area (Å²) >= 11 is 0. The van der Waals surface area contributed by atoms with E-state index in [2.05, 4.69) is 5.43 Å². The maximum absolute atomic E-state index is 13.8. The molecule has 0 saturated carbocycles. The minimum atomic E-state index is -0.953. The first kappa shape index (κ1) is 14.4. The van der Waals surface area contributed by atoms with Crippen LogP contribution in [-0.2, 0) is 0 Å². The molecule has 0 fully saturated rings. The van der Waals surface area contributed by atoms with Gasteiger partial charge in [0.25, 0.3) is 0 Å². The van der Waals surface area contributed by atoms with Crippen molar-refractivity contribution in [2.75, 3.05) is 7.11 Å². The Morgan fingerprint density at radius 3 is 2.25 bits per heavy atom.